The third-order valence-corrected chi connectivity index (χ3v) is 2.51. The van der Waals surface area contributed by atoms with Crippen molar-refractivity contribution >= 4 is 5.82 Å². The average Bonchev–Trinajstić information content (AvgIpc) is 2.83. The molecule has 19 heavy (non-hydrogen) atoms. The highest BCUT2D eigenvalue weighted by Crippen LogP contribution is 2.19. The normalized spacial score (nSPS) is 11.1. The molecule has 0 saturated carbocycles. The van der Waals surface area contributed by atoms with E-state index in [1.54, 1.807) is 24.8 Å². The van der Waals surface area contributed by atoms with Gasteiger partial charge in [-0.05, 0) is 12.1 Å². The van der Waals surface area contributed by atoms with Gasteiger partial charge in [0.05, 0.1) is 24.8 Å². The molecule has 0 aromatic carbocycles. The highest BCUT2D eigenvalue weighted by molar-refractivity contribution is 5.61. The Morgan fingerprint density at radius 1 is 1.42 bits per heavy atom. The third kappa shape index (κ3) is 3.72. The summed E-state index contributed by atoms with van der Waals surface area (Å²) in [7, 11) is 0. The van der Waals surface area contributed by atoms with Crippen molar-refractivity contribution < 1.29 is 13.5 Å². The number of nitrogens with zero attached hydrogens (tertiary/aromatic N) is 3. The second-order valence-electron chi connectivity index (χ2n) is 3.91. The third-order valence-electron chi connectivity index (χ3n) is 2.51. The number of alkyl halides is 2. The van der Waals surface area contributed by atoms with Gasteiger partial charge in [0.15, 0.2) is 0 Å². The van der Waals surface area contributed by atoms with Crippen molar-refractivity contribution in [1.82, 2.24) is 14.5 Å². The quantitative estimate of drug-likeness (QED) is 0.811. The van der Waals surface area contributed by atoms with Crippen LogP contribution in [-0.2, 0) is 11.3 Å². The number of nitrogen functional groups attached to an aromatic ring is 1. The molecular formula is C12H14F2N4O. The van der Waals surface area contributed by atoms with Gasteiger partial charge in [-0.3, -0.25) is 0 Å². The van der Waals surface area contributed by atoms with Crippen LogP contribution in [0.5, 0.6) is 0 Å². The molecule has 5 nitrogen and oxygen atoms in total. The zero-order valence-electron chi connectivity index (χ0n) is 10.2. The Balaban J connectivity index is 2.02. The Morgan fingerprint density at radius 3 is 3.00 bits per heavy atom. The average molecular weight is 268 g/mol. The number of aromatic nitrogens is 3. The maximum absolute atomic E-state index is 11.9. The van der Waals surface area contributed by atoms with E-state index in [4.69, 9.17) is 10.5 Å². The number of anilines is 1. The lowest BCUT2D eigenvalue weighted by atomic mass is 10.2. The van der Waals surface area contributed by atoms with Crippen molar-refractivity contribution in [3.63, 3.8) is 0 Å². The Bertz CT molecular complexity index is 530. The standard InChI is InChI=1S/C12H14F2N4O/c13-11(14)7-19-4-3-18-8-16-6-10(18)9-1-2-17-12(15)5-9/h1-2,5-6,8,11H,3-4,7H2,(H2,15,17). The lowest BCUT2D eigenvalue weighted by molar-refractivity contribution is 0.0148. The van der Waals surface area contributed by atoms with Crippen LogP contribution in [0.4, 0.5) is 14.6 Å². The van der Waals surface area contributed by atoms with E-state index in [-0.39, 0.29) is 6.61 Å². The number of pyridine rings is 1. The minimum absolute atomic E-state index is 0.203. The summed E-state index contributed by atoms with van der Waals surface area (Å²) in [5, 5.41) is 0. The summed E-state index contributed by atoms with van der Waals surface area (Å²) in [6, 6.07) is 3.54. The zero-order chi connectivity index (χ0) is 13.7. The van der Waals surface area contributed by atoms with Crippen LogP contribution in [0, 0.1) is 0 Å². The van der Waals surface area contributed by atoms with E-state index in [1.807, 2.05) is 10.6 Å². The molecule has 2 heterocycles. The second kappa shape index (κ2) is 6.24. The predicted octanol–water partition coefficient (Wildman–Crippen LogP) is 1.81. The first kappa shape index (κ1) is 13.4. The van der Waals surface area contributed by atoms with Crippen molar-refractivity contribution in [1.29, 1.82) is 0 Å². The summed E-state index contributed by atoms with van der Waals surface area (Å²) in [5.74, 6) is 0.416. The van der Waals surface area contributed by atoms with Gasteiger partial charge in [0, 0.05) is 18.3 Å². The molecule has 0 unspecified atom stereocenters. The summed E-state index contributed by atoms with van der Waals surface area (Å²) < 4.78 is 30.5. The molecule has 7 heteroatoms. The van der Waals surface area contributed by atoms with E-state index in [9.17, 15) is 8.78 Å². The number of ether oxygens (including phenoxy) is 1. The van der Waals surface area contributed by atoms with Gasteiger partial charge in [0.25, 0.3) is 6.43 Å². The fraction of sp³-hybridized carbons (Fsp3) is 0.333. The Morgan fingerprint density at radius 2 is 2.26 bits per heavy atom. The Hall–Kier alpha value is -2.02. The van der Waals surface area contributed by atoms with Crippen molar-refractivity contribution in [3.8, 4) is 11.3 Å². The lowest BCUT2D eigenvalue weighted by Crippen LogP contribution is -2.10. The lowest BCUT2D eigenvalue weighted by Gasteiger charge is -2.09. The Labute approximate surface area is 109 Å². The summed E-state index contributed by atoms with van der Waals surface area (Å²) in [5.41, 5.74) is 7.34. The molecule has 2 aromatic heterocycles. The summed E-state index contributed by atoms with van der Waals surface area (Å²) in [6.07, 6.45) is 2.47. The van der Waals surface area contributed by atoms with E-state index in [2.05, 4.69) is 9.97 Å². The van der Waals surface area contributed by atoms with E-state index in [0.29, 0.717) is 12.4 Å². The number of rotatable bonds is 6. The number of imidazole rings is 1. The number of halogens is 2. The van der Waals surface area contributed by atoms with Gasteiger partial charge < -0.3 is 15.0 Å². The predicted molar refractivity (Wildman–Crippen MR) is 66.7 cm³/mol. The largest absolute Gasteiger partial charge is 0.384 e. The first-order valence-corrected chi connectivity index (χ1v) is 5.74. The van der Waals surface area contributed by atoms with E-state index < -0.39 is 13.0 Å². The number of hydrogen-bond acceptors (Lipinski definition) is 4. The van der Waals surface area contributed by atoms with Crippen LogP contribution < -0.4 is 5.73 Å². The highest BCUT2D eigenvalue weighted by atomic mass is 19.3. The molecule has 0 spiro atoms. The second-order valence-corrected chi connectivity index (χ2v) is 3.91. The molecule has 0 fully saturated rings. The molecule has 2 aromatic rings. The fourth-order valence-electron chi connectivity index (χ4n) is 1.68. The summed E-state index contributed by atoms with van der Waals surface area (Å²) in [4.78, 5) is 7.95. The summed E-state index contributed by atoms with van der Waals surface area (Å²) >= 11 is 0. The smallest absolute Gasteiger partial charge is 0.261 e. The van der Waals surface area contributed by atoms with E-state index in [0.717, 1.165) is 11.3 Å². The minimum Gasteiger partial charge on any atom is -0.384 e. The van der Waals surface area contributed by atoms with Gasteiger partial charge in [-0.1, -0.05) is 0 Å². The molecule has 0 aliphatic rings. The van der Waals surface area contributed by atoms with Gasteiger partial charge in [0.1, 0.15) is 12.4 Å². The first-order valence-electron chi connectivity index (χ1n) is 5.74. The topological polar surface area (TPSA) is 66.0 Å². The zero-order valence-corrected chi connectivity index (χ0v) is 10.2. The maximum Gasteiger partial charge on any atom is 0.261 e. The van der Waals surface area contributed by atoms with Crippen molar-refractivity contribution in [2.75, 3.05) is 18.9 Å². The first-order chi connectivity index (χ1) is 9.16. The Kier molecular flexibility index (Phi) is 4.40. The van der Waals surface area contributed by atoms with Gasteiger partial charge in [-0.15, -0.1) is 0 Å². The molecule has 0 atom stereocenters. The SMILES string of the molecule is Nc1cc(-c2cncn2CCOCC(F)F)ccn1. The highest BCUT2D eigenvalue weighted by Gasteiger charge is 2.06. The molecule has 2 N–H and O–H groups in total. The van der Waals surface area contributed by atoms with E-state index >= 15 is 0 Å². The fourth-order valence-corrected chi connectivity index (χ4v) is 1.68. The molecule has 102 valence electrons. The molecule has 2 rings (SSSR count). The van der Waals surface area contributed by atoms with Crippen LogP contribution in [-0.4, -0.2) is 34.2 Å². The van der Waals surface area contributed by atoms with Crippen LogP contribution in [0.25, 0.3) is 11.3 Å². The van der Waals surface area contributed by atoms with Gasteiger partial charge in [0.2, 0.25) is 0 Å². The molecule has 0 aliphatic heterocycles. The molecule has 0 radical (unpaired) electrons. The minimum atomic E-state index is -2.44. The van der Waals surface area contributed by atoms with Crippen molar-refractivity contribution in [2.45, 2.75) is 13.0 Å². The summed E-state index contributed by atoms with van der Waals surface area (Å²) in [6.45, 7) is 0.102. The van der Waals surface area contributed by atoms with Crippen molar-refractivity contribution in [2.24, 2.45) is 0 Å². The maximum atomic E-state index is 11.9. The van der Waals surface area contributed by atoms with Crippen LogP contribution in [0.2, 0.25) is 0 Å². The van der Waals surface area contributed by atoms with Crippen LogP contribution >= 0.6 is 0 Å². The molecule has 0 bridgehead atoms. The molecular weight excluding hydrogens is 254 g/mol. The monoisotopic (exact) mass is 268 g/mol. The van der Waals surface area contributed by atoms with Gasteiger partial charge in [-0.25, -0.2) is 18.7 Å². The van der Waals surface area contributed by atoms with Crippen molar-refractivity contribution in [3.05, 3.63) is 30.9 Å². The van der Waals surface area contributed by atoms with Crippen LogP contribution in [0.15, 0.2) is 30.9 Å². The van der Waals surface area contributed by atoms with Gasteiger partial charge >= 0.3 is 0 Å². The van der Waals surface area contributed by atoms with Crippen LogP contribution in [0.1, 0.15) is 0 Å². The van der Waals surface area contributed by atoms with Crippen LogP contribution in [0.3, 0.4) is 0 Å². The molecule has 0 amide bonds. The van der Waals surface area contributed by atoms with E-state index in [1.165, 1.54) is 0 Å². The van der Waals surface area contributed by atoms with Gasteiger partial charge in [-0.2, -0.15) is 0 Å². The molecule has 0 saturated heterocycles. The number of hydrogen-bond donors (Lipinski definition) is 1. The molecule has 0 aliphatic carbocycles. The number of nitrogens with two attached hydrogens (primary N) is 1.